The van der Waals surface area contributed by atoms with E-state index in [0.717, 1.165) is 201 Å². The van der Waals surface area contributed by atoms with Gasteiger partial charge in [0.15, 0.2) is 68.6 Å². The molecule has 656 valence electrons. The van der Waals surface area contributed by atoms with Crippen molar-refractivity contribution < 1.29 is 22.1 Å². The van der Waals surface area contributed by atoms with Crippen LogP contribution in [0.1, 0.15) is 104 Å². The minimum absolute atomic E-state index is 0.0971. The van der Waals surface area contributed by atoms with Crippen molar-refractivity contribution in [2.45, 2.75) is 160 Å². The van der Waals surface area contributed by atoms with Crippen molar-refractivity contribution in [3.8, 4) is 0 Å². The molecule has 0 N–H and O–H groups in total. The number of hydrogen-bond acceptors (Lipinski definition) is 22. The fourth-order valence-corrected chi connectivity index (χ4v) is 20.8. The Bertz CT molecular complexity index is 7220. The van der Waals surface area contributed by atoms with Crippen molar-refractivity contribution in [1.82, 2.24) is 34.9 Å². The van der Waals surface area contributed by atoms with E-state index in [4.69, 9.17) is 32.1 Å². The number of fused-ring (bicyclic) bond motifs is 20. The molecule has 20 aromatic rings. The number of furan rings is 5. The van der Waals surface area contributed by atoms with E-state index in [0.29, 0.717) is 18.1 Å². The molecule has 22 nitrogen and oxygen atoms in total. The average molecular weight is 1730 g/mol. The topological polar surface area (TPSA) is 188 Å². The third-order valence-electron chi connectivity index (χ3n) is 26.9. The van der Waals surface area contributed by atoms with E-state index < -0.39 is 0 Å². The van der Waals surface area contributed by atoms with Gasteiger partial charge in [0.05, 0.1) is 45.5 Å². The van der Waals surface area contributed by atoms with Crippen LogP contribution in [0.25, 0.3) is 110 Å². The first-order valence-corrected chi connectivity index (χ1v) is 45.3. The molecule has 0 saturated carbocycles. The second kappa shape index (κ2) is 32.5. The summed E-state index contributed by atoms with van der Waals surface area (Å²) >= 11 is 0. The highest BCUT2D eigenvalue weighted by molar-refractivity contribution is 6.16. The van der Waals surface area contributed by atoms with Gasteiger partial charge in [-0.15, -0.1) is 0 Å². The summed E-state index contributed by atoms with van der Waals surface area (Å²) in [5.74, 6) is 6.60. The molecular weight excluding hydrogens is 1630 g/mol. The van der Waals surface area contributed by atoms with Gasteiger partial charge in [-0.3, -0.25) is 9.80 Å². The number of para-hydroxylation sites is 5. The number of benzene rings is 10. The maximum absolute atomic E-state index is 6.36. The lowest BCUT2D eigenvalue weighted by Gasteiger charge is -2.33. The normalized spacial score (nSPS) is 16.8. The fraction of sp³-hybridized carbons (Fsp3) is 0.239. The molecule has 25 rings (SSSR count). The quantitative estimate of drug-likeness (QED) is 0.140. The van der Waals surface area contributed by atoms with Crippen LogP contribution in [-0.4, -0.2) is 97.9 Å². The minimum Gasteiger partial charge on any atom is -0.454 e. The molecule has 0 aliphatic carbocycles. The van der Waals surface area contributed by atoms with Gasteiger partial charge in [-0.2, -0.15) is 0 Å². The van der Waals surface area contributed by atoms with Crippen LogP contribution < -0.4 is 49.0 Å². The molecule has 10 aromatic heterocycles. The van der Waals surface area contributed by atoms with E-state index >= 15 is 0 Å². The molecule has 22 heteroatoms. The van der Waals surface area contributed by atoms with Crippen LogP contribution in [-0.2, 0) is 0 Å². The molecule has 0 spiro atoms. The van der Waals surface area contributed by atoms with E-state index in [2.05, 4.69) is 325 Å². The predicted molar refractivity (Wildman–Crippen MR) is 537 cm³/mol. The van der Waals surface area contributed by atoms with E-state index in [-0.39, 0.29) is 30.8 Å². The van der Waals surface area contributed by atoms with Crippen molar-refractivity contribution >= 4 is 196 Å². The highest BCUT2D eigenvalue weighted by Gasteiger charge is 2.44. The molecule has 15 heterocycles. The molecule has 5 aliphatic rings. The maximum Gasteiger partial charge on any atom is 0.178 e. The lowest BCUT2D eigenvalue weighted by atomic mass is 10.1. The molecule has 0 fully saturated rings. The Hall–Kier alpha value is -15.2. The number of pyridine rings is 3. The smallest absolute Gasteiger partial charge is 0.178 e. The number of aryl methyl sites for hydroxylation is 5. The zero-order valence-electron chi connectivity index (χ0n) is 77.1. The Morgan fingerprint density at radius 2 is 0.473 bits per heavy atom. The number of anilines is 15. The average Bonchev–Trinajstić information content (AvgIpc) is 1.61. The Labute approximate surface area is 760 Å². The van der Waals surface area contributed by atoms with Gasteiger partial charge in [0, 0.05) is 129 Å². The molecule has 0 unspecified atom stereocenters. The van der Waals surface area contributed by atoms with Gasteiger partial charge in [-0.05, 0) is 205 Å². The Morgan fingerprint density at radius 1 is 0.221 bits per heavy atom. The third-order valence-corrected chi connectivity index (χ3v) is 26.9. The molecule has 0 bridgehead atoms. The number of aromatic nitrogens is 7. The lowest BCUT2D eigenvalue weighted by molar-refractivity contribution is 0.598. The standard InChI is InChI=1S/2C23H23N3O.C22H22N4O.C21H19N3O.C20H18N4O/c1-14(2)25-16(4)26(19-9-7-13-24-23(19)25)21-15(3)11-12-18-17-8-5-6-10-20(17)27-22(18)21;1-14(2)25-16(4)26(23-19(25)9-7-13-24-23)21-15(3)11-12-18-17-8-5-6-10-20(17)27-22(18)21;1-13(2)25-15(4)26(22-21(25)23-11-12-24-22)19-14(3)9-10-17-16-7-5-6-8-18(16)27-20(17)19;1-13-10-11-16-15-7-4-5-9-18(15)25-20(16)19(13)24-14(2)23(3)21-17(24)8-6-12-22-21;1-12-8-9-15-14-6-4-5-7-16(14)25-18(15)17(12)24-13(2)23(3)19-20(24)22-11-10-21-19/h2*5-14,16H,1-4H3;5-13,15H,1-4H3;4-12,14H,1-3H3;4-11,13H,1-3H3/t2*16-;15-;14-;13-/m00000/s1. The highest BCUT2D eigenvalue weighted by Crippen LogP contribution is 2.55. The van der Waals surface area contributed by atoms with Crippen molar-refractivity contribution in [2.24, 2.45) is 0 Å². The van der Waals surface area contributed by atoms with E-state index in [9.17, 15) is 0 Å². The third kappa shape index (κ3) is 13.3. The maximum atomic E-state index is 6.36. The van der Waals surface area contributed by atoms with Crippen LogP contribution in [0.3, 0.4) is 0 Å². The van der Waals surface area contributed by atoms with Crippen molar-refractivity contribution in [2.75, 3.05) is 63.1 Å². The lowest BCUT2D eigenvalue weighted by Crippen LogP contribution is -2.42. The van der Waals surface area contributed by atoms with Gasteiger partial charge in [-0.1, -0.05) is 152 Å². The Kier molecular flexibility index (Phi) is 20.6. The zero-order chi connectivity index (χ0) is 90.4. The van der Waals surface area contributed by atoms with Gasteiger partial charge in [0.1, 0.15) is 58.7 Å². The van der Waals surface area contributed by atoms with E-state index in [1.165, 1.54) is 22.4 Å². The van der Waals surface area contributed by atoms with Crippen LogP contribution >= 0.6 is 0 Å². The summed E-state index contributed by atoms with van der Waals surface area (Å²) < 4.78 is 31.6. The van der Waals surface area contributed by atoms with Crippen LogP contribution in [0.2, 0.25) is 0 Å². The highest BCUT2D eigenvalue weighted by atomic mass is 16.3. The van der Waals surface area contributed by atoms with E-state index in [1.54, 1.807) is 24.8 Å². The Morgan fingerprint density at radius 3 is 0.855 bits per heavy atom. The van der Waals surface area contributed by atoms with E-state index in [1.807, 2.05) is 111 Å². The van der Waals surface area contributed by atoms with Crippen molar-refractivity contribution in [3.05, 3.63) is 290 Å². The second-order valence-corrected chi connectivity index (χ2v) is 35.7. The van der Waals surface area contributed by atoms with Gasteiger partial charge in [0.2, 0.25) is 0 Å². The first-order chi connectivity index (χ1) is 63.6. The molecule has 5 aliphatic heterocycles. The molecule has 5 atom stereocenters. The minimum atomic E-state index is 0.0971. The SMILES string of the molecule is Cc1ccc2c(oc3ccccc32)c1N1c2cccnc2N(C(C)C)[C@@H]1C.Cc1ccc2c(oc3ccccc32)c1N1c2cccnc2N(C)[C@@H]1C.Cc1ccc2c(oc3ccccc32)c1N1c2ncccc2N(C(C)C)[C@@H]1C.Cc1ccc2c(oc3ccccc32)c1N1c2nccnc2N(C(C)C)[C@@H]1C.Cc1ccc2c(oc3ccccc32)c1N1c2nccnc2N(C)[C@@H]1C. The second-order valence-electron chi connectivity index (χ2n) is 35.7. The van der Waals surface area contributed by atoms with Gasteiger partial charge in [-0.25, -0.2) is 34.9 Å². The van der Waals surface area contributed by atoms with Crippen LogP contribution in [0.5, 0.6) is 0 Å². The first-order valence-electron chi connectivity index (χ1n) is 45.3. The van der Waals surface area contributed by atoms with Crippen LogP contribution in [0, 0.1) is 34.6 Å². The molecule has 10 aromatic carbocycles. The summed E-state index contributed by atoms with van der Waals surface area (Å²) in [7, 11) is 4.14. The Balaban J connectivity index is 0.0000000989. The van der Waals surface area contributed by atoms with Crippen molar-refractivity contribution in [3.63, 3.8) is 0 Å². The first kappa shape index (κ1) is 82.8. The molecule has 0 amide bonds. The fourth-order valence-electron chi connectivity index (χ4n) is 20.8. The predicted octanol–water partition coefficient (Wildman–Crippen LogP) is 27.2. The van der Waals surface area contributed by atoms with Gasteiger partial charge in [0.25, 0.3) is 0 Å². The number of rotatable bonds is 8. The molecule has 131 heavy (non-hydrogen) atoms. The largest absolute Gasteiger partial charge is 0.454 e. The monoisotopic (exact) mass is 1730 g/mol. The van der Waals surface area contributed by atoms with Crippen LogP contribution in [0.4, 0.5) is 86.2 Å². The van der Waals surface area contributed by atoms with Gasteiger partial charge >= 0.3 is 0 Å². The zero-order valence-corrected chi connectivity index (χ0v) is 77.1. The summed E-state index contributed by atoms with van der Waals surface area (Å²) in [6.07, 6.45) is 13.3. The number of nitrogens with zero attached hydrogens (tertiary/aromatic N) is 17. The summed E-state index contributed by atoms with van der Waals surface area (Å²) in [6.45, 7) is 35.0. The molecule has 0 radical (unpaired) electrons. The summed E-state index contributed by atoms with van der Waals surface area (Å²) in [5.41, 5.74) is 24.1. The molecule has 0 saturated heterocycles. The summed E-state index contributed by atoms with van der Waals surface area (Å²) in [4.78, 5) is 55.4. The summed E-state index contributed by atoms with van der Waals surface area (Å²) in [6, 6.07) is 76.3. The van der Waals surface area contributed by atoms with Crippen LogP contribution in [0.15, 0.2) is 284 Å². The number of hydrogen-bond donors (Lipinski definition) is 0. The van der Waals surface area contributed by atoms with Crippen molar-refractivity contribution in [1.29, 1.82) is 0 Å². The van der Waals surface area contributed by atoms with Gasteiger partial charge < -0.3 is 61.3 Å². The molecular formula is C109H105N17O5. The summed E-state index contributed by atoms with van der Waals surface area (Å²) in [5, 5.41) is 11.5.